The monoisotopic (exact) mass is 346 g/mol. The summed E-state index contributed by atoms with van der Waals surface area (Å²) in [5.41, 5.74) is -0.352. The zero-order chi connectivity index (χ0) is 18.1. The number of piperidine rings is 1. The van der Waals surface area contributed by atoms with Gasteiger partial charge < -0.3 is 19.3 Å². The van der Waals surface area contributed by atoms with E-state index in [1.807, 2.05) is 39.0 Å². The van der Waals surface area contributed by atoms with Crippen LogP contribution in [0.25, 0.3) is 0 Å². The lowest BCUT2D eigenvalue weighted by Crippen LogP contribution is -2.62. The molecule has 0 aliphatic carbocycles. The first kappa shape index (κ1) is 17.6. The van der Waals surface area contributed by atoms with Crippen molar-refractivity contribution in [1.29, 1.82) is 0 Å². The maximum atomic E-state index is 12.2. The predicted molar refractivity (Wildman–Crippen MR) is 93.5 cm³/mol. The molecular formula is C19H26N2O4. The molecule has 0 aromatic heterocycles. The Balaban J connectivity index is 1.45. The van der Waals surface area contributed by atoms with E-state index in [9.17, 15) is 9.59 Å². The highest BCUT2D eigenvalue weighted by molar-refractivity contribution is 5.72. The molecule has 6 heteroatoms. The number of rotatable bonds is 1. The number of hydrogen-bond acceptors (Lipinski definition) is 4. The molecule has 2 aliphatic rings. The van der Waals surface area contributed by atoms with Crippen molar-refractivity contribution < 1.29 is 19.1 Å². The Morgan fingerprint density at radius 2 is 1.56 bits per heavy atom. The predicted octanol–water partition coefficient (Wildman–Crippen LogP) is 3.52. The molecule has 2 saturated heterocycles. The van der Waals surface area contributed by atoms with Gasteiger partial charge in [0.1, 0.15) is 11.4 Å². The van der Waals surface area contributed by atoms with Crippen LogP contribution >= 0.6 is 0 Å². The number of carbonyl (C=O) groups is 2. The standard InChI is InChI=1S/C19H26N2O4/c1-18(2,3)25-17(23)20-11-9-19(10-12-20)13-21(14-19)16(22)24-15-7-5-4-6-8-15/h4-8H,9-14H2,1-3H3. The molecule has 0 unspecified atom stereocenters. The van der Waals surface area contributed by atoms with Gasteiger partial charge in [-0.05, 0) is 45.7 Å². The average Bonchev–Trinajstić information content (AvgIpc) is 2.52. The van der Waals surface area contributed by atoms with E-state index >= 15 is 0 Å². The van der Waals surface area contributed by atoms with Gasteiger partial charge in [-0.3, -0.25) is 0 Å². The van der Waals surface area contributed by atoms with Crippen LogP contribution in [0.1, 0.15) is 33.6 Å². The van der Waals surface area contributed by atoms with Gasteiger partial charge in [-0.1, -0.05) is 18.2 Å². The number of amides is 2. The minimum Gasteiger partial charge on any atom is -0.444 e. The second kappa shape index (κ2) is 6.58. The summed E-state index contributed by atoms with van der Waals surface area (Å²) in [4.78, 5) is 27.8. The van der Waals surface area contributed by atoms with Gasteiger partial charge in [0, 0.05) is 31.6 Å². The van der Waals surface area contributed by atoms with Crippen molar-refractivity contribution >= 4 is 12.2 Å². The maximum Gasteiger partial charge on any atom is 0.415 e. The van der Waals surface area contributed by atoms with Gasteiger partial charge in [-0.15, -0.1) is 0 Å². The number of nitrogens with zero attached hydrogens (tertiary/aromatic N) is 2. The summed E-state index contributed by atoms with van der Waals surface area (Å²) in [5, 5.41) is 0. The third kappa shape index (κ3) is 4.24. The Hall–Kier alpha value is -2.24. The number of ether oxygens (including phenoxy) is 2. The number of carbonyl (C=O) groups excluding carboxylic acids is 2. The molecular weight excluding hydrogens is 320 g/mol. The second-order valence-corrected chi connectivity index (χ2v) is 8.00. The smallest absolute Gasteiger partial charge is 0.415 e. The zero-order valence-electron chi connectivity index (χ0n) is 15.2. The van der Waals surface area contributed by atoms with E-state index in [-0.39, 0.29) is 17.6 Å². The second-order valence-electron chi connectivity index (χ2n) is 8.00. The van der Waals surface area contributed by atoms with Gasteiger partial charge in [0.05, 0.1) is 0 Å². The van der Waals surface area contributed by atoms with Crippen molar-refractivity contribution in [3.63, 3.8) is 0 Å². The van der Waals surface area contributed by atoms with Crippen molar-refractivity contribution in [3.8, 4) is 5.75 Å². The summed E-state index contributed by atoms with van der Waals surface area (Å²) in [6.07, 6.45) is 1.23. The fourth-order valence-corrected chi connectivity index (χ4v) is 3.35. The van der Waals surface area contributed by atoms with Gasteiger partial charge in [0.15, 0.2) is 0 Å². The fourth-order valence-electron chi connectivity index (χ4n) is 3.35. The quantitative estimate of drug-likeness (QED) is 0.781. The lowest BCUT2D eigenvalue weighted by Gasteiger charge is -2.53. The molecule has 0 bridgehead atoms. The molecule has 0 atom stereocenters. The third-order valence-corrected chi connectivity index (χ3v) is 4.73. The molecule has 0 N–H and O–H groups in total. The zero-order valence-corrected chi connectivity index (χ0v) is 15.2. The average molecular weight is 346 g/mol. The van der Waals surface area contributed by atoms with Gasteiger partial charge in [0.2, 0.25) is 0 Å². The minimum atomic E-state index is -0.472. The fraction of sp³-hybridized carbons (Fsp3) is 0.579. The topological polar surface area (TPSA) is 59.1 Å². The SMILES string of the molecule is CC(C)(C)OC(=O)N1CCC2(CC1)CN(C(=O)Oc1ccccc1)C2. The summed E-state index contributed by atoms with van der Waals surface area (Å²) < 4.78 is 10.8. The van der Waals surface area contributed by atoms with Crippen LogP contribution in [-0.4, -0.2) is 53.8 Å². The van der Waals surface area contributed by atoms with Crippen LogP contribution in [0.3, 0.4) is 0 Å². The van der Waals surface area contributed by atoms with E-state index in [0.29, 0.717) is 31.9 Å². The minimum absolute atomic E-state index is 0.119. The van der Waals surface area contributed by atoms with E-state index in [4.69, 9.17) is 9.47 Å². The first-order valence-electron chi connectivity index (χ1n) is 8.76. The Morgan fingerprint density at radius 3 is 2.12 bits per heavy atom. The number of likely N-dealkylation sites (tertiary alicyclic amines) is 2. The lowest BCUT2D eigenvalue weighted by molar-refractivity contribution is -0.0394. The van der Waals surface area contributed by atoms with E-state index in [1.165, 1.54) is 0 Å². The van der Waals surface area contributed by atoms with Crippen LogP contribution in [0.5, 0.6) is 5.75 Å². The summed E-state index contributed by atoms with van der Waals surface area (Å²) in [5.74, 6) is 0.563. The van der Waals surface area contributed by atoms with Crippen LogP contribution in [0.15, 0.2) is 30.3 Å². The normalized spacial score (nSPS) is 19.3. The Kier molecular flexibility index (Phi) is 4.62. The number of benzene rings is 1. The summed E-state index contributed by atoms with van der Waals surface area (Å²) >= 11 is 0. The molecule has 6 nitrogen and oxygen atoms in total. The van der Waals surface area contributed by atoms with Crippen molar-refractivity contribution in [2.24, 2.45) is 5.41 Å². The molecule has 2 heterocycles. The van der Waals surface area contributed by atoms with Crippen molar-refractivity contribution in [2.45, 2.75) is 39.2 Å². The molecule has 25 heavy (non-hydrogen) atoms. The van der Waals surface area contributed by atoms with Crippen molar-refractivity contribution in [3.05, 3.63) is 30.3 Å². The van der Waals surface area contributed by atoms with E-state index in [1.54, 1.807) is 21.9 Å². The third-order valence-electron chi connectivity index (χ3n) is 4.73. The van der Waals surface area contributed by atoms with Gasteiger partial charge in [0.25, 0.3) is 0 Å². The molecule has 0 radical (unpaired) electrons. The van der Waals surface area contributed by atoms with Crippen LogP contribution in [0.4, 0.5) is 9.59 Å². The number of para-hydroxylation sites is 1. The van der Waals surface area contributed by atoms with Crippen LogP contribution in [0.2, 0.25) is 0 Å². The maximum absolute atomic E-state index is 12.2. The summed E-state index contributed by atoms with van der Waals surface area (Å²) in [6, 6.07) is 9.10. The molecule has 1 aromatic carbocycles. The largest absolute Gasteiger partial charge is 0.444 e. The molecule has 1 aromatic rings. The Morgan fingerprint density at radius 1 is 0.960 bits per heavy atom. The molecule has 1 spiro atoms. The van der Waals surface area contributed by atoms with Gasteiger partial charge in [-0.2, -0.15) is 0 Å². The highest BCUT2D eigenvalue weighted by Crippen LogP contribution is 2.41. The van der Waals surface area contributed by atoms with E-state index in [2.05, 4.69) is 0 Å². The molecule has 3 rings (SSSR count). The highest BCUT2D eigenvalue weighted by atomic mass is 16.6. The molecule has 2 amide bonds. The highest BCUT2D eigenvalue weighted by Gasteiger charge is 2.48. The lowest BCUT2D eigenvalue weighted by atomic mass is 9.72. The van der Waals surface area contributed by atoms with Crippen LogP contribution < -0.4 is 4.74 Å². The first-order chi connectivity index (χ1) is 11.8. The van der Waals surface area contributed by atoms with Gasteiger partial charge in [-0.25, -0.2) is 9.59 Å². The van der Waals surface area contributed by atoms with Crippen LogP contribution in [-0.2, 0) is 4.74 Å². The Labute approximate surface area is 148 Å². The Bertz CT molecular complexity index is 623. The molecule has 2 aliphatic heterocycles. The number of hydrogen-bond donors (Lipinski definition) is 0. The molecule has 0 saturated carbocycles. The van der Waals surface area contributed by atoms with E-state index < -0.39 is 5.60 Å². The van der Waals surface area contributed by atoms with E-state index in [0.717, 1.165) is 12.8 Å². The van der Waals surface area contributed by atoms with Gasteiger partial charge >= 0.3 is 12.2 Å². The summed E-state index contributed by atoms with van der Waals surface area (Å²) in [6.45, 7) is 8.37. The molecule has 2 fully saturated rings. The molecule has 136 valence electrons. The van der Waals surface area contributed by atoms with Crippen molar-refractivity contribution in [1.82, 2.24) is 9.80 Å². The first-order valence-corrected chi connectivity index (χ1v) is 8.76. The summed E-state index contributed by atoms with van der Waals surface area (Å²) in [7, 11) is 0. The van der Waals surface area contributed by atoms with Crippen LogP contribution in [0, 0.1) is 5.41 Å². The van der Waals surface area contributed by atoms with Crippen molar-refractivity contribution in [2.75, 3.05) is 26.2 Å².